The highest BCUT2D eigenvalue weighted by molar-refractivity contribution is 7.18. The number of aromatic nitrogens is 1. The van der Waals surface area contributed by atoms with Gasteiger partial charge in [0.1, 0.15) is 10.7 Å². The molecule has 0 saturated heterocycles. The molecule has 0 aromatic carbocycles. The van der Waals surface area contributed by atoms with Crippen molar-refractivity contribution < 1.29 is 13.6 Å². The lowest BCUT2D eigenvalue weighted by Gasteiger charge is -2.13. The lowest BCUT2D eigenvalue weighted by atomic mass is 10.4. The van der Waals surface area contributed by atoms with E-state index in [2.05, 4.69) is 10.3 Å². The Morgan fingerprint density at radius 1 is 1.61 bits per heavy atom. The van der Waals surface area contributed by atoms with Crippen molar-refractivity contribution in [3.8, 4) is 0 Å². The van der Waals surface area contributed by atoms with Crippen molar-refractivity contribution in [1.82, 2.24) is 10.3 Å². The molecule has 0 saturated carbocycles. The fourth-order valence-corrected chi connectivity index (χ4v) is 2.22. The number of nitrogen functional groups attached to an aromatic ring is 1. The molecule has 1 heterocycles. The van der Waals surface area contributed by atoms with Crippen LogP contribution in [0.2, 0.25) is 0 Å². The molecule has 0 atom stereocenters. The van der Waals surface area contributed by atoms with Crippen LogP contribution in [0.3, 0.4) is 0 Å². The molecule has 1 amide bonds. The quantitative estimate of drug-likeness (QED) is 0.828. The summed E-state index contributed by atoms with van der Waals surface area (Å²) in [5.41, 5.74) is 5.61. The third-order valence-corrected chi connectivity index (χ3v) is 3.33. The number of carbonyl (C=O) groups is 1. The zero-order chi connectivity index (χ0) is 13.7. The Morgan fingerprint density at radius 2 is 2.28 bits per heavy atom. The van der Waals surface area contributed by atoms with Gasteiger partial charge in [0, 0.05) is 13.6 Å². The zero-order valence-corrected chi connectivity index (χ0v) is 11.1. The summed E-state index contributed by atoms with van der Waals surface area (Å²) in [4.78, 5) is 17.7. The molecule has 0 aliphatic heterocycles. The molecule has 0 radical (unpaired) electrons. The number of nitrogens with two attached hydrogens (primary N) is 1. The van der Waals surface area contributed by atoms with Crippen LogP contribution in [0.1, 0.15) is 23.0 Å². The van der Waals surface area contributed by atoms with Crippen LogP contribution in [0.5, 0.6) is 0 Å². The first-order valence-corrected chi connectivity index (χ1v) is 6.31. The average molecular weight is 278 g/mol. The van der Waals surface area contributed by atoms with E-state index in [1.165, 1.54) is 0 Å². The third kappa shape index (κ3) is 3.80. The highest BCUT2D eigenvalue weighted by Gasteiger charge is 2.18. The zero-order valence-electron chi connectivity index (χ0n) is 10.2. The van der Waals surface area contributed by atoms with Crippen molar-refractivity contribution in [2.75, 3.05) is 30.8 Å². The molecule has 8 heteroatoms. The van der Waals surface area contributed by atoms with E-state index in [-0.39, 0.29) is 10.7 Å². The van der Waals surface area contributed by atoms with Gasteiger partial charge in [0.25, 0.3) is 12.3 Å². The van der Waals surface area contributed by atoms with Crippen molar-refractivity contribution >= 4 is 28.2 Å². The van der Waals surface area contributed by atoms with Crippen molar-refractivity contribution in [3.63, 3.8) is 0 Å². The van der Waals surface area contributed by atoms with Crippen LogP contribution >= 0.6 is 11.3 Å². The minimum Gasteiger partial charge on any atom is -0.382 e. The SMILES string of the molecule is CCCN(C)c1nc(N)c(C(=O)NCC(F)F)s1. The number of hydrogen-bond donors (Lipinski definition) is 2. The van der Waals surface area contributed by atoms with Gasteiger partial charge < -0.3 is 16.0 Å². The first-order valence-electron chi connectivity index (χ1n) is 5.49. The van der Waals surface area contributed by atoms with E-state index in [1.54, 1.807) is 0 Å². The van der Waals surface area contributed by atoms with Crippen LogP contribution < -0.4 is 16.0 Å². The first kappa shape index (κ1) is 14.6. The molecule has 0 aliphatic rings. The molecule has 0 unspecified atom stereocenters. The summed E-state index contributed by atoms with van der Waals surface area (Å²) in [5, 5.41) is 2.71. The standard InChI is InChI=1S/C10H16F2N4OS/c1-3-4-16(2)10-15-8(13)7(18-10)9(17)14-5-6(11)12/h6H,3-5,13H2,1-2H3,(H,14,17). The number of hydrogen-bond acceptors (Lipinski definition) is 5. The normalized spacial score (nSPS) is 10.7. The highest BCUT2D eigenvalue weighted by atomic mass is 32.1. The Hall–Kier alpha value is -1.44. The molecule has 0 bridgehead atoms. The number of nitrogens with one attached hydrogen (secondary N) is 1. The van der Waals surface area contributed by atoms with E-state index >= 15 is 0 Å². The predicted molar refractivity (Wildman–Crippen MR) is 68.4 cm³/mol. The molecule has 3 N–H and O–H groups in total. The van der Waals surface area contributed by atoms with Crippen molar-refractivity contribution in [2.24, 2.45) is 0 Å². The summed E-state index contributed by atoms with van der Waals surface area (Å²) < 4.78 is 24.0. The van der Waals surface area contributed by atoms with Gasteiger partial charge in [-0.05, 0) is 6.42 Å². The number of halogens is 2. The van der Waals surface area contributed by atoms with E-state index in [0.717, 1.165) is 24.3 Å². The molecule has 1 rings (SSSR count). The van der Waals surface area contributed by atoms with E-state index in [1.807, 2.05) is 18.9 Å². The fourth-order valence-electron chi connectivity index (χ4n) is 1.33. The van der Waals surface area contributed by atoms with E-state index in [9.17, 15) is 13.6 Å². The summed E-state index contributed by atoms with van der Waals surface area (Å²) >= 11 is 1.10. The molecule has 18 heavy (non-hydrogen) atoms. The Morgan fingerprint density at radius 3 is 2.83 bits per heavy atom. The van der Waals surface area contributed by atoms with E-state index < -0.39 is 18.9 Å². The Labute approximate surface area is 108 Å². The lowest BCUT2D eigenvalue weighted by Crippen LogP contribution is -2.28. The van der Waals surface area contributed by atoms with Crippen LogP contribution in [-0.2, 0) is 0 Å². The Balaban J connectivity index is 2.74. The number of carbonyl (C=O) groups excluding carboxylic acids is 1. The number of nitrogens with zero attached hydrogens (tertiary/aromatic N) is 2. The van der Waals surface area contributed by atoms with E-state index in [0.29, 0.717) is 5.13 Å². The Bertz CT molecular complexity index is 411. The minimum atomic E-state index is -2.58. The third-order valence-electron chi connectivity index (χ3n) is 2.15. The minimum absolute atomic E-state index is 0.0738. The first-order chi connectivity index (χ1) is 8.45. The maximum Gasteiger partial charge on any atom is 0.265 e. The monoisotopic (exact) mass is 278 g/mol. The Kier molecular flexibility index (Phi) is 5.26. The van der Waals surface area contributed by atoms with Gasteiger partial charge in [-0.1, -0.05) is 18.3 Å². The van der Waals surface area contributed by atoms with Crippen LogP contribution in [0.4, 0.5) is 19.7 Å². The van der Waals surface area contributed by atoms with Gasteiger partial charge in [-0.25, -0.2) is 13.8 Å². The van der Waals surface area contributed by atoms with Gasteiger partial charge >= 0.3 is 0 Å². The molecular weight excluding hydrogens is 262 g/mol. The van der Waals surface area contributed by atoms with Crippen LogP contribution in [0.15, 0.2) is 0 Å². The molecule has 1 aromatic rings. The summed E-state index contributed by atoms with van der Waals surface area (Å²) in [5.74, 6) is -0.536. The number of alkyl halides is 2. The smallest absolute Gasteiger partial charge is 0.265 e. The van der Waals surface area contributed by atoms with Crippen LogP contribution in [0, 0.1) is 0 Å². The summed E-state index contributed by atoms with van der Waals surface area (Å²) in [6.45, 7) is 2.12. The number of anilines is 2. The van der Waals surface area contributed by atoms with Crippen LogP contribution in [-0.4, -0.2) is 37.5 Å². The molecule has 0 fully saturated rings. The average Bonchev–Trinajstić information content (AvgIpc) is 2.68. The maximum absolute atomic E-state index is 12.0. The number of rotatable bonds is 6. The second kappa shape index (κ2) is 6.48. The molecule has 5 nitrogen and oxygen atoms in total. The molecule has 102 valence electrons. The molecule has 1 aromatic heterocycles. The fraction of sp³-hybridized carbons (Fsp3) is 0.600. The maximum atomic E-state index is 12.0. The van der Waals surface area contributed by atoms with Gasteiger partial charge in [0.2, 0.25) is 0 Å². The highest BCUT2D eigenvalue weighted by Crippen LogP contribution is 2.27. The largest absolute Gasteiger partial charge is 0.382 e. The number of amides is 1. The van der Waals surface area contributed by atoms with Crippen molar-refractivity contribution in [1.29, 1.82) is 0 Å². The van der Waals surface area contributed by atoms with Gasteiger partial charge in [0.05, 0.1) is 6.54 Å². The summed E-state index contributed by atoms with van der Waals surface area (Å²) in [6, 6.07) is 0. The second-order valence-corrected chi connectivity index (χ2v) is 4.71. The summed E-state index contributed by atoms with van der Waals surface area (Å²) in [6.07, 6.45) is -1.64. The van der Waals surface area contributed by atoms with Gasteiger partial charge in [-0.3, -0.25) is 4.79 Å². The molecule has 0 spiro atoms. The second-order valence-electron chi connectivity index (χ2n) is 3.73. The van der Waals surface area contributed by atoms with Gasteiger partial charge in [-0.2, -0.15) is 0 Å². The van der Waals surface area contributed by atoms with Crippen molar-refractivity contribution in [2.45, 2.75) is 19.8 Å². The van der Waals surface area contributed by atoms with Crippen LogP contribution in [0.25, 0.3) is 0 Å². The van der Waals surface area contributed by atoms with Gasteiger partial charge in [-0.15, -0.1) is 0 Å². The topological polar surface area (TPSA) is 71.2 Å². The van der Waals surface area contributed by atoms with Crippen molar-refractivity contribution in [3.05, 3.63) is 4.88 Å². The number of thiazole rings is 1. The van der Waals surface area contributed by atoms with E-state index in [4.69, 9.17) is 5.73 Å². The van der Waals surface area contributed by atoms with Gasteiger partial charge in [0.15, 0.2) is 5.13 Å². The molecular formula is C10H16F2N4OS. The lowest BCUT2D eigenvalue weighted by molar-refractivity contribution is 0.0896. The summed E-state index contributed by atoms with van der Waals surface area (Å²) in [7, 11) is 1.84. The predicted octanol–water partition coefficient (Wildman–Crippen LogP) is 1.57. The molecule has 0 aliphatic carbocycles.